The number of nitrogens with zero attached hydrogens (tertiary/aromatic N) is 1. The predicted octanol–water partition coefficient (Wildman–Crippen LogP) is 2.81. The first-order valence-electron chi connectivity index (χ1n) is 10.3. The lowest BCUT2D eigenvalue weighted by molar-refractivity contribution is 0.0467. The lowest BCUT2D eigenvalue weighted by Crippen LogP contribution is -2.40. The third-order valence-corrected chi connectivity index (χ3v) is 7.34. The Morgan fingerprint density at radius 3 is 2.52 bits per heavy atom. The second kappa shape index (κ2) is 9.34. The highest BCUT2D eigenvalue weighted by molar-refractivity contribution is 7.89. The van der Waals surface area contributed by atoms with Crippen LogP contribution in [0.4, 0.5) is 0 Å². The number of fused-ring (bicyclic) bond motifs is 1. The molecule has 33 heavy (non-hydrogen) atoms. The summed E-state index contributed by atoms with van der Waals surface area (Å²) in [6.07, 6.45) is 0. The molecule has 0 radical (unpaired) electrons. The zero-order valence-electron chi connectivity index (χ0n) is 18.2. The number of rotatable bonds is 7. The second-order valence-corrected chi connectivity index (χ2v) is 9.34. The molecular formula is C23H23NO8S. The summed E-state index contributed by atoms with van der Waals surface area (Å²) in [5.41, 5.74) is 1.21. The van der Waals surface area contributed by atoms with E-state index in [9.17, 15) is 18.0 Å². The molecular weight excluding hydrogens is 450 g/mol. The number of methoxy groups -OCH3 is 1. The quantitative estimate of drug-likeness (QED) is 0.380. The van der Waals surface area contributed by atoms with Crippen LogP contribution in [0.25, 0.3) is 11.0 Å². The van der Waals surface area contributed by atoms with E-state index in [1.54, 1.807) is 19.1 Å². The summed E-state index contributed by atoms with van der Waals surface area (Å²) >= 11 is 0. The number of hydrogen-bond acceptors (Lipinski definition) is 8. The third kappa shape index (κ3) is 4.50. The Hall–Kier alpha value is -3.21. The van der Waals surface area contributed by atoms with E-state index in [1.165, 1.54) is 29.6 Å². The van der Waals surface area contributed by atoms with E-state index in [0.29, 0.717) is 11.1 Å². The molecule has 0 saturated carbocycles. The lowest BCUT2D eigenvalue weighted by Gasteiger charge is -2.26. The van der Waals surface area contributed by atoms with Gasteiger partial charge in [0.2, 0.25) is 15.8 Å². The minimum Gasteiger partial charge on any atom is -0.495 e. The molecule has 10 heteroatoms. The number of ketones is 1. The van der Waals surface area contributed by atoms with Crippen LogP contribution in [0.1, 0.15) is 26.5 Å². The zero-order chi connectivity index (χ0) is 23.6. The fourth-order valence-electron chi connectivity index (χ4n) is 3.65. The van der Waals surface area contributed by atoms with E-state index in [2.05, 4.69) is 0 Å². The topological polar surface area (TPSA) is 112 Å². The highest BCUT2D eigenvalue weighted by atomic mass is 32.2. The predicted molar refractivity (Wildman–Crippen MR) is 118 cm³/mol. The zero-order valence-corrected chi connectivity index (χ0v) is 19.0. The van der Waals surface area contributed by atoms with Gasteiger partial charge in [0.25, 0.3) is 0 Å². The number of ether oxygens (including phenoxy) is 3. The van der Waals surface area contributed by atoms with Gasteiger partial charge in [0.05, 0.1) is 25.9 Å². The van der Waals surface area contributed by atoms with Crippen LogP contribution in [0.3, 0.4) is 0 Å². The first kappa shape index (κ1) is 23.0. The molecule has 0 spiro atoms. The highest BCUT2D eigenvalue weighted by Gasteiger charge is 2.30. The number of hydrogen-bond donors (Lipinski definition) is 0. The van der Waals surface area contributed by atoms with Gasteiger partial charge >= 0.3 is 5.97 Å². The summed E-state index contributed by atoms with van der Waals surface area (Å²) in [4.78, 5) is 25.1. The van der Waals surface area contributed by atoms with Crippen LogP contribution in [-0.4, -0.2) is 64.5 Å². The van der Waals surface area contributed by atoms with E-state index in [1.807, 2.05) is 12.1 Å². The number of benzene rings is 2. The Labute approximate surface area is 190 Å². The molecule has 0 amide bonds. The summed E-state index contributed by atoms with van der Waals surface area (Å²) in [7, 11) is -2.57. The van der Waals surface area contributed by atoms with Crippen molar-refractivity contribution >= 4 is 32.7 Å². The number of carbonyl (C=O) groups is 2. The van der Waals surface area contributed by atoms with Crippen molar-refractivity contribution in [2.24, 2.45) is 0 Å². The van der Waals surface area contributed by atoms with Gasteiger partial charge in [0.15, 0.2) is 12.4 Å². The molecule has 0 aliphatic carbocycles. The Morgan fingerprint density at radius 1 is 1.09 bits per heavy atom. The van der Waals surface area contributed by atoms with Crippen LogP contribution in [-0.2, 0) is 19.5 Å². The molecule has 4 rings (SSSR count). The van der Waals surface area contributed by atoms with Crippen molar-refractivity contribution in [3.63, 3.8) is 0 Å². The minimum absolute atomic E-state index is 0.0169. The van der Waals surface area contributed by atoms with Gasteiger partial charge in [-0.3, -0.25) is 4.79 Å². The summed E-state index contributed by atoms with van der Waals surface area (Å²) in [6.45, 7) is 2.18. The molecule has 9 nitrogen and oxygen atoms in total. The molecule has 1 aliphatic rings. The molecule has 0 bridgehead atoms. The van der Waals surface area contributed by atoms with Gasteiger partial charge < -0.3 is 18.6 Å². The number of para-hydroxylation sites is 1. The van der Waals surface area contributed by atoms with E-state index >= 15 is 0 Å². The van der Waals surface area contributed by atoms with Gasteiger partial charge in [0, 0.05) is 24.0 Å². The molecule has 0 N–H and O–H groups in total. The average Bonchev–Trinajstić information content (AvgIpc) is 3.19. The summed E-state index contributed by atoms with van der Waals surface area (Å²) in [5, 5.41) is 0.806. The molecule has 1 aromatic heterocycles. The molecule has 1 fully saturated rings. The van der Waals surface area contributed by atoms with Crippen molar-refractivity contribution < 1.29 is 36.6 Å². The molecule has 1 saturated heterocycles. The largest absolute Gasteiger partial charge is 0.495 e. The number of aryl methyl sites for hydroxylation is 1. The van der Waals surface area contributed by atoms with E-state index in [-0.39, 0.29) is 48.3 Å². The van der Waals surface area contributed by atoms with Crippen LogP contribution < -0.4 is 4.74 Å². The normalized spacial score (nSPS) is 14.8. The first-order valence-corrected chi connectivity index (χ1v) is 11.7. The fraction of sp³-hybridized carbons (Fsp3) is 0.304. The Morgan fingerprint density at radius 2 is 1.82 bits per heavy atom. The van der Waals surface area contributed by atoms with E-state index in [0.717, 1.165) is 5.39 Å². The molecule has 2 heterocycles. The monoisotopic (exact) mass is 473 g/mol. The van der Waals surface area contributed by atoms with Crippen molar-refractivity contribution in [2.45, 2.75) is 11.8 Å². The molecule has 174 valence electrons. The van der Waals surface area contributed by atoms with Crippen LogP contribution in [0.2, 0.25) is 0 Å². The molecule has 3 aromatic rings. The van der Waals surface area contributed by atoms with Gasteiger partial charge in [-0.15, -0.1) is 0 Å². The van der Waals surface area contributed by atoms with Crippen molar-refractivity contribution in [1.82, 2.24) is 4.31 Å². The maximum Gasteiger partial charge on any atom is 0.338 e. The van der Waals surface area contributed by atoms with Crippen LogP contribution in [0, 0.1) is 6.92 Å². The Balaban J connectivity index is 1.53. The van der Waals surface area contributed by atoms with Crippen molar-refractivity contribution in [3.05, 3.63) is 59.4 Å². The highest BCUT2D eigenvalue weighted by Crippen LogP contribution is 2.29. The van der Waals surface area contributed by atoms with Gasteiger partial charge in [-0.25, -0.2) is 13.2 Å². The Bertz CT molecular complexity index is 1310. The van der Waals surface area contributed by atoms with Crippen LogP contribution in [0.15, 0.2) is 51.8 Å². The minimum atomic E-state index is -3.92. The maximum absolute atomic E-state index is 13.1. The third-order valence-electron chi connectivity index (χ3n) is 5.42. The van der Waals surface area contributed by atoms with Gasteiger partial charge in [-0.05, 0) is 31.2 Å². The number of morpholine rings is 1. The summed E-state index contributed by atoms with van der Waals surface area (Å²) in [6, 6.07) is 11.2. The number of sulfonamides is 1. The maximum atomic E-state index is 13.1. The average molecular weight is 474 g/mol. The lowest BCUT2D eigenvalue weighted by atomic mass is 10.1. The molecule has 0 atom stereocenters. The number of Topliss-reactive ketones (excluding diaryl/α,β-unsaturated/α-hetero) is 1. The Kier molecular flexibility index (Phi) is 6.50. The van der Waals surface area contributed by atoms with Gasteiger partial charge in [0.1, 0.15) is 16.2 Å². The van der Waals surface area contributed by atoms with E-state index < -0.39 is 28.4 Å². The molecule has 0 unspecified atom stereocenters. The number of esters is 1. The van der Waals surface area contributed by atoms with E-state index in [4.69, 9.17) is 18.6 Å². The fourth-order valence-corrected chi connectivity index (χ4v) is 5.24. The smallest absolute Gasteiger partial charge is 0.338 e. The summed E-state index contributed by atoms with van der Waals surface area (Å²) in [5.74, 6) is -1.11. The van der Waals surface area contributed by atoms with Crippen molar-refractivity contribution in [1.29, 1.82) is 0 Å². The standard InChI is InChI=1S/C23H23NO8S/c1-15-17-5-3-4-6-19(17)32-22(15)18(25)14-31-23(26)16-7-8-20(29-2)21(13-16)33(27,28)24-9-11-30-12-10-24/h3-8,13H,9-12,14H2,1-2H3. The number of furan rings is 1. The van der Waals surface area contributed by atoms with Gasteiger partial charge in [-0.1, -0.05) is 18.2 Å². The van der Waals surface area contributed by atoms with Crippen LogP contribution >= 0.6 is 0 Å². The first-order chi connectivity index (χ1) is 15.8. The molecule has 1 aliphatic heterocycles. The van der Waals surface area contributed by atoms with Crippen molar-refractivity contribution in [3.8, 4) is 5.75 Å². The second-order valence-electron chi connectivity index (χ2n) is 7.43. The molecule has 2 aromatic carbocycles. The van der Waals surface area contributed by atoms with Gasteiger partial charge in [-0.2, -0.15) is 4.31 Å². The summed E-state index contributed by atoms with van der Waals surface area (Å²) < 4.78 is 48.6. The number of carbonyl (C=O) groups excluding carboxylic acids is 2. The SMILES string of the molecule is COc1ccc(C(=O)OCC(=O)c2oc3ccccc3c2C)cc1S(=O)(=O)N1CCOCC1. The van der Waals surface area contributed by atoms with Crippen molar-refractivity contribution in [2.75, 3.05) is 40.0 Å². The van der Waals surface area contributed by atoms with Crippen LogP contribution in [0.5, 0.6) is 5.75 Å².